The smallest absolute Gasteiger partial charge is 0.0468 e. The Labute approximate surface area is 379 Å². The van der Waals surface area contributed by atoms with E-state index in [9.17, 15) is 0 Å². The quantitative estimate of drug-likeness (QED) is 0.127. The first-order chi connectivity index (χ1) is 31.0. The molecule has 0 aliphatic heterocycles. The fourth-order valence-corrected chi connectivity index (χ4v) is 9.88. The number of fused-ring (bicyclic) bond motifs is 11. The van der Waals surface area contributed by atoms with Gasteiger partial charge in [-0.15, -0.1) is 0 Å². The zero-order chi connectivity index (χ0) is 44.2. The highest BCUT2D eigenvalue weighted by atomic mass is 15.1. The van der Waals surface area contributed by atoms with E-state index < -0.39 is 0 Å². The van der Waals surface area contributed by atoms with Gasteiger partial charge in [0.15, 0.2) is 0 Å². The van der Waals surface area contributed by atoms with Gasteiger partial charge in [-0.1, -0.05) is 165 Å². The summed E-state index contributed by atoms with van der Waals surface area (Å²) in [5.74, 6) is 1.65. The average Bonchev–Trinajstić information content (AvgIpc) is 3.32. The van der Waals surface area contributed by atoms with E-state index in [0.29, 0.717) is 23.7 Å². The van der Waals surface area contributed by atoms with E-state index in [1.807, 2.05) is 0 Å². The number of hydrogen-bond donors (Lipinski definition) is 0. The van der Waals surface area contributed by atoms with Gasteiger partial charge in [0.25, 0.3) is 0 Å². The summed E-state index contributed by atoms with van der Waals surface area (Å²) in [5, 5.41) is 12.7. The molecule has 64 heavy (non-hydrogen) atoms. The van der Waals surface area contributed by atoms with Crippen molar-refractivity contribution < 1.29 is 0 Å². The van der Waals surface area contributed by atoms with E-state index in [2.05, 4.69) is 247 Å². The minimum Gasteiger partial charge on any atom is -0.310 e. The van der Waals surface area contributed by atoms with Crippen LogP contribution in [0.5, 0.6) is 0 Å². The maximum atomic E-state index is 2.45. The fourth-order valence-electron chi connectivity index (χ4n) is 9.88. The predicted octanol–water partition coefficient (Wildman–Crippen LogP) is 18.9. The van der Waals surface area contributed by atoms with Gasteiger partial charge in [-0.3, -0.25) is 0 Å². The van der Waals surface area contributed by atoms with Crippen molar-refractivity contribution in [3.63, 3.8) is 0 Å². The first-order valence-corrected chi connectivity index (χ1v) is 23.3. The van der Waals surface area contributed by atoms with Crippen molar-refractivity contribution >= 4 is 88.0 Å². The third-order valence-electron chi connectivity index (χ3n) is 13.4. The van der Waals surface area contributed by atoms with Crippen LogP contribution in [0.25, 0.3) is 53.9 Å². The molecule has 2 nitrogen and oxygen atoms in total. The SMILES string of the molecule is CC(C)c1cc(C(C)C)cc(N(c2ccccc2)c2ccc3c(c2)c2ccccc2c2c4ccc(N(c5ccccc5)c5cc(C(C)C)cc(C(C)C)c5)cc4c4ccccc4c32)c1. The second-order valence-corrected chi connectivity index (χ2v) is 19.0. The normalized spacial score (nSPS) is 12.0. The van der Waals surface area contributed by atoms with Gasteiger partial charge in [0.2, 0.25) is 0 Å². The number of benzene rings is 10. The molecule has 0 unspecified atom stereocenters. The molecule has 0 saturated carbocycles. The standard InChI is InChI=1S/C62H58N2/c1-39(2)43-31-44(40(3)4)34-51(33-43)63(47-19-11-9-12-20-47)49-27-29-57-59(37-49)53-23-15-17-25-55(53)62-58-30-28-50(38-60(58)54-24-16-18-26-56(54)61(57)62)64(48-21-13-10-14-22-48)52-35-45(41(5)6)32-46(36-52)42(7)8/h9-42H,1-8H3. The lowest BCUT2D eigenvalue weighted by Crippen LogP contribution is -2.11. The van der Waals surface area contributed by atoms with Crippen molar-refractivity contribution in [3.8, 4) is 0 Å². The van der Waals surface area contributed by atoms with Gasteiger partial charge in [0, 0.05) is 34.1 Å². The highest BCUT2D eigenvalue weighted by molar-refractivity contribution is 6.39. The van der Waals surface area contributed by atoms with Crippen molar-refractivity contribution in [2.75, 3.05) is 9.80 Å². The Bertz CT molecular complexity index is 3060. The van der Waals surface area contributed by atoms with E-state index in [-0.39, 0.29) is 0 Å². The number of rotatable bonds is 10. The Morgan fingerprint density at radius 2 is 0.531 bits per heavy atom. The van der Waals surface area contributed by atoms with Crippen LogP contribution >= 0.6 is 0 Å². The average molecular weight is 831 g/mol. The van der Waals surface area contributed by atoms with Gasteiger partial charge in [-0.2, -0.15) is 0 Å². The molecule has 0 amide bonds. The van der Waals surface area contributed by atoms with Crippen molar-refractivity contribution in [3.05, 3.63) is 204 Å². The van der Waals surface area contributed by atoms with Crippen LogP contribution in [0.2, 0.25) is 0 Å². The van der Waals surface area contributed by atoms with E-state index in [4.69, 9.17) is 0 Å². The first-order valence-electron chi connectivity index (χ1n) is 23.3. The third kappa shape index (κ3) is 7.25. The predicted molar refractivity (Wildman–Crippen MR) is 280 cm³/mol. The molecule has 316 valence electrons. The molecule has 0 atom stereocenters. The molecular weight excluding hydrogens is 773 g/mol. The second kappa shape index (κ2) is 16.7. The summed E-state index contributed by atoms with van der Waals surface area (Å²) in [5.41, 5.74) is 12.4. The first kappa shape index (κ1) is 41.1. The molecule has 0 radical (unpaired) electrons. The van der Waals surface area contributed by atoms with Crippen LogP contribution in [0.4, 0.5) is 34.1 Å². The molecule has 2 heteroatoms. The summed E-state index contributed by atoms with van der Waals surface area (Å²) in [6, 6.07) is 68.6. The fraction of sp³-hybridized carbons (Fsp3) is 0.194. The topological polar surface area (TPSA) is 6.48 Å². The van der Waals surface area contributed by atoms with Gasteiger partial charge in [-0.25, -0.2) is 0 Å². The van der Waals surface area contributed by atoms with E-state index in [1.165, 1.54) is 87.5 Å². The van der Waals surface area contributed by atoms with Crippen LogP contribution < -0.4 is 9.80 Å². The zero-order valence-corrected chi connectivity index (χ0v) is 38.5. The Balaban J connectivity index is 1.24. The highest BCUT2D eigenvalue weighted by Crippen LogP contribution is 2.48. The molecule has 0 aliphatic rings. The minimum absolute atomic E-state index is 0.413. The lowest BCUT2D eigenvalue weighted by atomic mass is 9.86. The van der Waals surface area contributed by atoms with Gasteiger partial charge in [-0.05, 0) is 173 Å². The molecular formula is C62H58N2. The third-order valence-corrected chi connectivity index (χ3v) is 13.4. The van der Waals surface area contributed by atoms with Crippen LogP contribution in [0.3, 0.4) is 0 Å². The zero-order valence-electron chi connectivity index (χ0n) is 38.5. The minimum atomic E-state index is 0.413. The molecule has 10 aromatic rings. The summed E-state index contributed by atoms with van der Waals surface area (Å²) in [6.07, 6.45) is 0. The van der Waals surface area contributed by atoms with Crippen molar-refractivity contribution in [2.24, 2.45) is 0 Å². The summed E-state index contributed by atoms with van der Waals surface area (Å²) in [6.45, 7) is 18.4. The molecule has 0 fully saturated rings. The lowest BCUT2D eigenvalue weighted by Gasteiger charge is -2.29. The molecule has 0 spiro atoms. The largest absolute Gasteiger partial charge is 0.310 e. The second-order valence-electron chi connectivity index (χ2n) is 19.0. The van der Waals surface area contributed by atoms with Crippen LogP contribution in [0, 0.1) is 0 Å². The molecule has 0 aliphatic carbocycles. The van der Waals surface area contributed by atoms with Gasteiger partial charge >= 0.3 is 0 Å². The lowest BCUT2D eigenvalue weighted by molar-refractivity contribution is 0.833. The number of hydrogen-bond acceptors (Lipinski definition) is 2. The molecule has 0 N–H and O–H groups in total. The monoisotopic (exact) mass is 830 g/mol. The maximum absolute atomic E-state index is 2.45. The van der Waals surface area contributed by atoms with Crippen molar-refractivity contribution in [1.82, 2.24) is 0 Å². The van der Waals surface area contributed by atoms with E-state index in [1.54, 1.807) is 0 Å². The van der Waals surface area contributed by atoms with Crippen molar-refractivity contribution in [1.29, 1.82) is 0 Å². The maximum Gasteiger partial charge on any atom is 0.0468 e. The summed E-state index contributed by atoms with van der Waals surface area (Å²) in [7, 11) is 0. The van der Waals surface area contributed by atoms with Crippen molar-refractivity contribution in [2.45, 2.75) is 79.1 Å². The Kier molecular flexibility index (Phi) is 10.7. The van der Waals surface area contributed by atoms with Crippen LogP contribution in [0.15, 0.2) is 182 Å². The molecule has 0 aromatic heterocycles. The highest BCUT2D eigenvalue weighted by Gasteiger charge is 2.22. The van der Waals surface area contributed by atoms with E-state index in [0.717, 1.165) is 22.7 Å². The number of nitrogens with zero attached hydrogens (tertiary/aromatic N) is 2. The molecule has 0 heterocycles. The van der Waals surface area contributed by atoms with Crippen LogP contribution in [0.1, 0.15) is 101 Å². The Morgan fingerprint density at radius 3 is 0.859 bits per heavy atom. The number of para-hydroxylation sites is 2. The molecule has 0 saturated heterocycles. The van der Waals surface area contributed by atoms with E-state index >= 15 is 0 Å². The number of anilines is 6. The molecule has 10 rings (SSSR count). The summed E-state index contributed by atoms with van der Waals surface area (Å²) >= 11 is 0. The molecule has 0 bridgehead atoms. The Morgan fingerprint density at radius 1 is 0.234 bits per heavy atom. The van der Waals surface area contributed by atoms with Gasteiger partial charge < -0.3 is 9.80 Å². The summed E-state index contributed by atoms with van der Waals surface area (Å²) < 4.78 is 0. The van der Waals surface area contributed by atoms with Gasteiger partial charge in [0.05, 0.1) is 0 Å². The Hall–Kier alpha value is -6.90. The van der Waals surface area contributed by atoms with Crippen LogP contribution in [-0.2, 0) is 0 Å². The van der Waals surface area contributed by atoms with Crippen LogP contribution in [-0.4, -0.2) is 0 Å². The van der Waals surface area contributed by atoms with Gasteiger partial charge in [0.1, 0.15) is 0 Å². The molecule has 10 aromatic carbocycles. The summed E-state index contributed by atoms with van der Waals surface area (Å²) in [4.78, 5) is 4.91.